The monoisotopic (exact) mass is 280 g/mol. The molecule has 4 heteroatoms. The highest BCUT2D eigenvalue weighted by Crippen LogP contribution is 2.41. The van der Waals surface area contributed by atoms with Gasteiger partial charge in [-0.1, -0.05) is 12.1 Å². The first-order valence-electron chi connectivity index (χ1n) is 6.83. The molecular weight excluding hydrogens is 260 g/mol. The summed E-state index contributed by atoms with van der Waals surface area (Å²) in [5.74, 6) is 1.59. The molecule has 2 fully saturated rings. The summed E-state index contributed by atoms with van der Waals surface area (Å²) in [5.41, 5.74) is 2.10. The minimum absolute atomic E-state index is 0. The summed E-state index contributed by atoms with van der Waals surface area (Å²) in [6.07, 6.45) is 4.06. The number of hydrogen-bond acceptors (Lipinski definition) is 2. The van der Waals surface area contributed by atoms with Crippen LogP contribution in [0.3, 0.4) is 0 Å². The van der Waals surface area contributed by atoms with E-state index in [1.807, 2.05) is 12.1 Å². The van der Waals surface area contributed by atoms with E-state index in [4.69, 9.17) is 0 Å². The predicted octanol–water partition coefficient (Wildman–Crippen LogP) is 2.32. The van der Waals surface area contributed by atoms with Gasteiger partial charge in [-0.15, -0.1) is 12.4 Å². The van der Waals surface area contributed by atoms with E-state index in [9.17, 15) is 4.79 Å². The molecule has 0 spiro atoms. The van der Waals surface area contributed by atoms with Crippen LogP contribution in [0.15, 0.2) is 24.3 Å². The summed E-state index contributed by atoms with van der Waals surface area (Å²) < 4.78 is 0. The standard InChI is InChI=1S/C15H20N2O.ClH/c1-16-15(18)12-6-4-11(5-7-12)13-8-14(13)17-9-10-2-3-10;/h4-7,10,13-14,17H,2-3,8-9H2,1H3,(H,16,18);1H. The Hall–Kier alpha value is -1.06. The molecule has 0 radical (unpaired) electrons. The minimum atomic E-state index is -0.0132. The second kappa shape index (κ2) is 5.93. The third-order valence-corrected chi connectivity index (χ3v) is 3.98. The highest BCUT2D eigenvalue weighted by Gasteiger charge is 2.38. The first-order chi connectivity index (χ1) is 8.78. The number of amides is 1. The van der Waals surface area contributed by atoms with Gasteiger partial charge < -0.3 is 10.6 Å². The van der Waals surface area contributed by atoms with Gasteiger partial charge in [-0.25, -0.2) is 0 Å². The van der Waals surface area contributed by atoms with Crippen LogP contribution in [0, 0.1) is 5.92 Å². The number of carbonyl (C=O) groups excluding carboxylic acids is 1. The Morgan fingerprint density at radius 3 is 2.53 bits per heavy atom. The van der Waals surface area contributed by atoms with Gasteiger partial charge in [0.2, 0.25) is 0 Å². The van der Waals surface area contributed by atoms with E-state index in [1.165, 1.54) is 31.4 Å². The zero-order valence-electron chi connectivity index (χ0n) is 11.2. The zero-order valence-corrected chi connectivity index (χ0v) is 12.0. The number of nitrogens with one attached hydrogen (secondary N) is 2. The van der Waals surface area contributed by atoms with Crippen LogP contribution in [-0.4, -0.2) is 25.5 Å². The van der Waals surface area contributed by atoms with Gasteiger partial charge in [-0.3, -0.25) is 4.79 Å². The van der Waals surface area contributed by atoms with E-state index in [2.05, 4.69) is 22.8 Å². The highest BCUT2D eigenvalue weighted by atomic mass is 35.5. The molecule has 2 saturated carbocycles. The molecule has 0 heterocycles. The van der Waals surface area contributed by atoms with Crippen LogP contribution < -0.4 is 10.6 Å². The lowest BCUT2D eigenvalue weighted by Crippen LogP contribution is -2.20. The van der Waals surface area contributed by atoms with Crippen molar-refractivity contribution in [3.63, 3.8) is 0 Å². The number of carbonyl (C=O) groups is 1. The van der Waals surface area contributed by atoms with Crippen LogP contribution in [0.2, 0.25) is 0 Å². The van der Waals surface area contributed by atoms with E-state index in [1.54, 1.807) is 7.05 Å². The first kappa shape index (κ1) is 14.4. The first-order valence-corrected chi connectivity index (χ1v) is 6.83. The van der Waals surface area contributed by atoms with Crippen LogP contribution in [0.25, 0.3) is 0 Å². The molecule has 3 nitrogen and oxygen atoms in total. The maximum absolute atomic E-state index is 11.4. The Kier molecular flexibility index (Phi) is 4.48. The lowest BCUT2D eigenvalue weighted by molar-refractivity contribution is 0.0963. The molecule has 0 aliphatic heterocycles. The summed E-state index contributed by atoms with van der Waals surface area (Å²) >= 11 is 0. The molecule has 1 amide bonds. The smallest absolute Gasteiger partial charge is 0.251 e. The summed E-state index contributed by atoms with van der Waals surface area (Å²) in [6.45, 7) is 1.19. The molecule has 2 atom stereocenters. The molecule has 104 valence electrons. The minimum Gasteiger partial charge on any atom is -0.355 e. The second-order valence-electron chi connectivity index (χ2n) is 5.50. The Labute approximate surface area is 120 Å². The molecular formula is C15H21ClN2O. The summed E-state index contributed by atoms with van der Waals surface area (Å²) in [7, 11) is 1.66. The third kappa shape index (κ3) is 3.48. The van der Waals surface area contributed by atoms with E-state index >= 15 is 0 Å². The van der Waals surface area contributed by atoms with Crippen LogP contribution >= 0.6 is 12.4 Å². The van der Waals surface area contributed by atoms with E-state index in [-0.39, 0.29) is 18.3 Å². The lowest BCUT2D eigenvalue weighted by Gasteiger charge is -2.04. The van der Waals surface area contributed by atoms with Gasteiger partial charge in [0.15, 0.2) is 0 Å². The summed E-state index contributed by atoms with van der Waals surface area (Å²) in [5, 5.41) is 6.28. The molecule has 2 N–H and O–H groups in total. The summed E-state index contributed by atoms with van der Waals surface area (Å²) in [4.78, 5) is 11.4. The molecule has 2 unspecified atom stereocenters. The maximum atomic E-state index is 11.4. The van der Waals surface area contributed by atoms with Crippen molar-refractivity contribution in [3.8, 4) is 0 Å². The van der Waals surface area contributed by atoms with Crippen molar-refractivity contribution in [2.24, 2.45) is 5.92 Å². The van der Waals surface area contributed by atoms with Crippen LogP contribution in [0.5, 0.6) is 0 Å². The zero-order chi connectivity index (χ0) is 12.5. The topological polar surface area (TPSA) is 41.1 Å². The van der Waals surface area contributed by atoms with E-state index in [0.29, 0.717) is 12.0 Å². The van der Waals surface area contributed by atoms with Crippen molar-refractivity contribution >= 4 is 18.3 Å². The SMILES string of the molecule is CNC(=O)c1ccc(C2CC2NCC2CC2)cc1.Cl. The molecule has 2 aliphatic rings. The molecule has 1 aromatic rings. The fourth-order valence-electron chi connectivity index (χ4n) is 2.46. The predicted molar refractivity (Wildman–Crippen MR) is 79.0 cm³/mol. The molecule has 3 rings (SSSR count). The molecule has 1 aromatic carbocycles. The van der Waals surface area contributed by atoms with Gasteiger partial charge in [0.05, 0.1) is 0 Å². The molecule has 2 aliphatic carbocycles. The highest BCUT2D eigenvalue weighted by molar-refractivity contribution is 5.93. The van der Waals surface area contributed by atoms with Crippen molar-refractivity contribution in [2.75, 3.05) is 13.6 Å². The maximum Gasteiger partial charge on any atom is 0.251 e. The number of halogens is 1. The van der Waals surface area contributed by atoms with Gasteiger partial charge in [0.25, 0.3) is 5.91 Å². The molecule has 0 aromatic heterocycles. The molecule has 19 heavy (non-hydrogen) atoms. The Morgan fingerprint density at radius 2 is 1.95 bits per heavy atom. The van der Waals surface area contributed by atoms with Crippen LogP contribution in [-0.2, 0) is 0 Å². The van der Waals surface area contributed by atoms with E-state index < -0.39 is 0 Å². The van der Waals surface area contributed by atoms with Crippen molar-refractivity contribution in [1.29, 1.82) is 0 Å². The largest absolute Gasteiger partial charge is 0.355 e. The fraction of sp³-hybridized carbons (Fsp3) is 0.533. The summed E-state index contributed by atoms with van der Waals surface area (Å²) in [6, 6.07) is 8.69. The van der Waals surface area contributed by atoms with Crippen molar-refractivity contribution in [1.82, 2.24) is 10.6 Å². The number of hydrogen-bond donors (Lipinski definition) is 2. The second-order valence-corrected chi connectivity index (χ2v) is 5.50. The van der Waals surface area contributed by atoms with Crippen LogP contribution in [0.4, 0.5) is 0 Å². The molecule has 0 bridgehead atoms. The lowest BCUT2D eigenvalue weighted by atomic mass is 10.1. The normalized spacial score (nSPS) is 24.5. The number of benzene rings is 1. The van der Waals surface area contributed by atoms with Gasteiger partial charge in [-0.05, 0) is 49.4 Å². The van der Waals surface area contributed by atoms with Crippen molar-refractivity contribution in [3.05, 3.63) is 35.4 Å². The Morgan fingerprint density at radius 1 is 1.26 bits per heavy atom. The Bertz CT molecular complexity index is 442. The van der Waals surface area contributed by atoms with E-state index in [0.717, 1.165) is 11.5 Å². The average molecular weight is 281 g/mol. The van der Waals surface area contributed by atoms with Crippen molar-refractivity contribution in [2.45, 2.75) is 31.2 Å². The third-order valence-electron chi connectivity index (χ3n) is 3.98. The molecule has 0 saturated heterocycles. The van der Waals surface area contributed by atoms with Gasteiger partial charge >= 0.3 is 0 Å². The van der Waals surface area contributed by atoms with Gasteiger partial charge in [-0.2, -0.15) is 0 Å². The van der Waals surface area contributed by atoms with Crippen molar-refractivity contribution < 1.29 is 4.79 Å². The van der Waals surface area contributed by atoms with Gasteiger partial charge in [0.1, 0.15) is 0 Å². The van der Waals surface area contributed by atoms with Crippen LogP contribution in [0.1, 0.15) is 41.1 Å². The quantitative estimate of drug-likeness (QED) is 0.869. The fourth-order valence-corrected chi connectivity index (χ4v) is 2.46. The van der Waals surface area contributed by atoms with Gasteiger partial charge in [0, 0.05) is 24.6 Å². The Balaban J connectivity index is 0.00000133. The average Bonchev–Trinajstić information content (AvgIpc) is 3.28. The number of rotatable bonds is 5.